The van der Waals surface area contributed by atoms with Crippen LogP contribution in [0.25, 0.3) is 5.57 Å². The summed E-state index contributed by atoms with van der Waals surface area (Å²) in [5.41, 5.74) is 1.92. The lowest BCUT2D eigenvalue weighted by atomic mass is 10.1. The maximum absolute atomic E-state index is 12.2. The van der Waals surface area contributed by atoms with Gasteiger partial charge in [0.25, 0.3) is 5.88 Å². The summed E-state index contributed by atoms with van der Waals surface area (Å²) in [7, 11) is 2.08. The maximum atomic E-state index is 12.2. The molecule has 7 nitrogen and oxygen atoms in total. The van der Waals surface area contributed by atoms with E-state index in [-0.39, 0.29) is 23.6 Å². The van der Waals surface area contributed by atoms with Crippen molar-refractivity contribution in [2.75, 3.05) is 33.5 Å². The van der Waals surface area contributed by atoms with Gasteiger partial charge in [-0.05, 0) is 19.8 Å². The van der Waals surface area contributed by atoms with Crippen LogP contribution in [-0.4, -0.2) is 58.5 Å². The van der Waals surface area contributed by atoms with Crippen LogP contribution in [0, 0.1) is 11.8 Å². The zero-order chi connectivity index (χ0) is 20.9. The van der Waals surface area contributed by atoms with Gasteiger partial charge < -0.3 is 9.47 Å². The third kappa shape index (κ3) is 5.85. The Labute approximate surface area is 177 Å². The molecule has 1 unspecified atom stereocenters. The molecule has 2 heterocycles. The highest BCUT2D eigenvalue weighted by molar-refractivity contribution is 6.99. The predicted molar refractivity (Wildman–Crippen MR) is 111 cm³/mol. The molecule has 2 aliphatic rings. The third-order valence-corrected chi connectivity index (χ3v) is 6.26. The van der Waals surface area contributed by atoms with Crippen LogP contribution in [0.4, 0.5) is 0 Å². The van der Waals surface area contributed by atoms with Crippen molar-refractivity contribution in [3.8, 4) is 5.88 Å². The lowest BCUT2D eigenvalue weighted by Crippen LogP contribution is -2.49. The first kappa shape index (κ1) is 21.9. The summed E-state index contributed by atoms with van der Waals surface area (Å²) in [6, 6.07) is 0. The summed E-state index contributed by atoms with van der Waals surface area (Å²) in [5.74, 6) is 0.0726. The first-order chi connectivity index (χ1) is 13.9. The van der Waals surface area contributed by atoms with Crippen molar-refractivity contribution in [1.29, 1.82) is 0 Å². The van der Waals surface area contributed by atoms with E-state index in [4.69, 9.17) is 9.47 Å². The summed E-state index contributed by atoms with van der Waals surface area (Å²) in [6.07, 6.45) is 8.32. The van der Waals surface area contributed by atoms with Crippen LogP contribution >= 0.6 is 11.7 Å². The number of rotatable bonds is 11. The number of unbranched alkanes of at least 4 members (excludes halogenated alkanes) is 3. The number of quaternary nitrogens is 1. The molecule has 1 aromatic heterocycles. The zero-order valence-electron chi connectivity index (χ0n) is 17.7. The van der Waals surface area contributed by atoms with Gasteiger partial charge in [0.1, 0.15) is 18.0 Å². The van der Waals surface area contributed by atoms with Gasteiger partial charge >= 0.3 is 5.97 Å². The highest BCUT2D eigenvalue weighted by Crippen LogP contribution is 2.40. The molecule has 0 aromatic carbocycles. The summed E-state index contributed by atoms with van der Waals surface area (Å²) in [4.78, 5) is 23.6. The second kappa shape index (κ2) is 9.80. The molecule has 3 atom stereocenters. The number of esters is 1. The van der Waals surface area contributed by atoms with Crippen molar-refractivity contribution in [2.24, 2.45) is 11.8 Å². The van der Waals surface area contributed by atoms with Crippen LogP contribution in [0.1, 0.15) is 58.1 Å². The van der Waals surface area contributed by atoms with Gasteiger partial charge in [0.05, 0.1) is 37.8 Å². The zero-order valence-corrected chi connectivity index (χ0v) is 18.5. The second-order valence-electron chi connectivity index (χ2n) is 8.50. The molecule has 0 radical (unpaired) electrons. The van der Waals surface area contributed by atoms with Crippen LogP contribution in [-0.2, 0) is 14.3 Å². The Hall–Kier alpha value is -1.80. The monoisotopic (exact) mass is 422 g/mol. The number of nitrogens with zero attached hydrogens (tertiary/aromatic N) is 3. The van der Waals surface area contributed by atoms with Crippen LogP contribution in [0.2, 0.25) is 0 Å². The molecule has 1 aliphatic carbocycles. The highest BCUT2D eigenvalue weighted by atomic mass is 32.1. The first-order valence-electron chi connectivity index (χ1n) is 10.6. The number of carbonyl (C=O) groups is 2. The molecule has 0 saturated heterocycles. The molecule has 0 N–H and O–H groups in total. The number of Topliss-reactive ketones (excluding diaryl/α,β-unsaturated/α-hetero) is 1. The molecule has 8 heteroatoms. The number of ether oxygens (including phenoxy) is 2. The van der Waals surface area contributed by atoms with E-state index < -0.39 is 0 Å². The van der Waals surface area contributed by atoms with E-state index in [1.54, 1.807) is 6.92 Å². The lowest BCUT2D eigenvalue weighted by molar-refractivity contribution is -0.919. The summed E-state index contributed by atoms with van der Waals surface area (Å²) >= 11 is 1.17. The van der Waals surface area contributed by atoms with Crippen LogP contribution in [0.3, 0.4) is 0 Å². The van der Waals surface area contributed by atoms with Gasteiger partial charge in [-0.1, -0.05) is 32.3 Å². The normalized spacial score (nSPS) is 26.0. The van der Waals surface area contributed by atoms with Gasteiger partial charge in [0, 0.05) is 17.9 Å². The summed E-state index contributed by atoms with van der Waals surface area (Å²) < 4.78 is 20.9. The van der Waals surface area contributed by atoms with Crippen LogP contribution in [0.15, 0.2) is 6.08 Å². The van der Waals surface area contributed by atoms with E-state index in [0.717, 1.165) is 37.1 Å². The Balaban J connectivity index is 1.52. The fraction of sp³-hybridized carbons (Fsp3) is 0.714. The fourth-order valence-electron chi connectivity index (χ4n) is 3.79. The van der Waals surface area contributed by atoms with E-state index in [0.29, 0.717) is 36.7 Å². The summed E-state index contributed by atoms with van der Waals surface area (Å²) in [6.45, 7) is 6.31. The van der Waals surface area contributed by atoms with Gasteiger partial charge in [0.2, 0.25) is 6.73 Å². The standard InChI is InChI=1S/C21H32N3O4S/c1-4-5-6-7-11-27-20-19(22-29-23-20)16-9-8-10-24(3,13-16)14-28-21(26)18-12-17(18)15(2)25/h9,17-18H,4-8,10-14H2,1-3H3/q+1/t17-,18-,24?/m1/s1. The number of ketones is 1. The van der Waals surface area contributed by atoms with Crippen molar-refractivity contribution in [1.82, 2.24) is 8.75 Å². The van der Waals surface area contributed by atoms with Crippen LogP contribution < -0.4 is 4.74 Å². The average molecular weight is 423 g/mol. The molecule has 160 valence electrons. The van der Waals surface area contributed by atoms with Gasteiger partial charge in [-0.3, -0.25) is 14.1 Å². The molecule has 1 aliphatic heterocycles. The van der Waals surface area contributed by atoms with E-state index in [1.807, 2.05) is 0 Å². The largest absolute Gasteiger partial charge is 0.475 e. The molecule has 3 rings (SSSR count). The number of aromatic nitrogens is 2. The SMILES string of the molecule is CCCCCCOc1nsnc1C1=CCC[N+](C)(COC(=O)[C@@H]2C[C@@H]2C(C)=O)C1. The number of hydrogen-bond donors (Lipinski definition) is 0. The Bertz CT molecular complexity index is 763. The predicted octanol–water partition coefficient (Wildman–Crippen LogP) is 3.46. The third-order valence-electron chi connectivity index (χ3n) is 5.74. The average Bonchev–Trinajstić information content (AvgIpc) is 3.38. The van der Waals surface area contributed by atoms with Gasteiger partial charge in [-0.15, -0.1) is 4.37 Å². The fourth-order valence-corrected chi connectivity index (χ4v) is 4.32. The quantitative estimate of drug-likeness (QED) is 0.309. The number of carbonyl (C=O) groups excluding carboxylic acids is 2. The van der Waals surface area contributed by atoms with Gasteiger partial charge in [0.15, 0.2) is 0 Å². The second-order valence-corrected chi connectivity index (χ2v) is 9.03. The minimum absolute atomic E-state index is 0.0776. The molecule has 0 spiro atoms. The van der Waals surface area contributed by atoms with Crippen molar-refractivity contribution in [3.05, 3.63) is 11.8 Å². The van der Waals surface area contributed by atoms with E-state index >= 15 is 0 Å². The Kier molecular flexibility index (Phi) is 7.40. The minimum atomic E-state index is -0.243. The Morgan fingerprint density at radius 2 is 2.07 bits per heavy atom. The minimum Gasteiger partial charge on any atom is -0.475 e. The molecule has 1 fully saturated rings. The van der Waals surface area contributed by atoms with E-state index in [1.165, 1.54) is 24.6 Å². The molecule has 1 aromatic rings. The molecule has 29 heavy (non-hydrogen) atoms. The molecular formula is C21H32N3O4S+. The van der Waals surface area contributed by atoms with Gasteiger partial charge in [-0.25, -0.2) is 0 Å². The Morgan fingerprint density at radius 1 is 1.24 bits per heavy atom. The van der Waals surface area contributed by atoms with Crippen molar-refractivity contribution in [3.63, 3.8) is 0 Å². The molecule has 1 saturated carbocycles. The van der Waals surface area contributed by atoms with Crippen LogP contribution in [0.5, 0.6) is 5.88 Å². The first-order valence-corrected chi connectivity index (χ1v) is 11.3. The smallest absolute Gasteiger partial charge is 0.313 e. The topological polar surface area (TPSA) is 78.4 Å². The highest BCUT2D eigenvalue weighted by Gasteiger charge is 2.48. The van der Waals surface area contributed by atoms with Crippen molar-refractivity contribution in [2.45, 2.75) is 52.4 Å². The molecule has 0 bridgehead atoms. The lowest BCUT2D eigenvalue weighted by Gasteiger charge is -2.36. The molecular weight excluding hydrogens is 390 g/mol. The number of likely N-dealkylation sites (N-methyl/N-ethyl adjacent to an activating group) is 1. The maximum Gasteiger partial charge on any atom is 0.313 e. The van der Waals surface area contributed by atoms with Crippen molar-refractivity contribution >= 4 is 29.1 Å². The molecule has 0 amide bonds. The Morgan fingerprint density at radius 3 is 2.79 bits per heavy atom. The number of hydrogen-bond acceptors (Lipinski definition) is 7. The van der Waals surface area contributed by atoms with Gasteiger partial charge in [-0.2, -0.15) is 4.37 Å². The summed E-state index contributed by atoms with van der Waals surface area (Å²) in [5, 5.41) is 0. The van der Waals surface area contributed by atoms with E-state index in [9.17, 15) is 9.59 Å². The van der Waals surface area contributed by atoms with E-state index in [2.05, 4.69) is 28.8 Å². The van der Waals surface area contributed by atoms with Crippen molar-refractivity contribution < 1.29 is 23.5 Å².